The second-order valence-corrected chi connectivity index (χ2v) is 6.52. The molecule has 0 aromatic heterocycles. The Morgan fingerprint density at radius 2 is 1.69 bits per heavy atom. The van der Waals surface area contributed by atoms with E-state index in [0.29, 0.717) is 0 Å². The van der Waals surface area contributed by atoms with Gasteiger partial charge >= 0.3 is 6.03 Å². The predicted molar refractivity (Wildman–Crippen MR) is 105 cm³/mol. The molecule has 2 aromatic rings. The number of anilines is 1. The zero-order chi connectivity index (χ0) is 18.2. The van der Waals surface area contributed by atoms with Gasteiger partial charge in [-0.15, -0.1) is 0 Å². The molecule has 1 saturated heterocycles. The van der Waals surface area contributed by atoms with Crippen molar-refractivity contribution in [1.82, 2.24) is 9.80 Å². The Hall–Kier alpha value is -2.37. The molecule has 0 atom stereocenters. The van der Waals surface area contributed by atoms with Gasteiger partial charge in [-0.3, -0.25) is 4.90 Å². The van der Waals surface area contributed by atoms with Crippen LogP contribution in [0.4, 0.5) is 10.5 Å². The van der Waals surface area contributed by atoms with Gasteiger partial charge in [0.1, 0.15) is 0 Å². The first-order valence-electron chi connectivity index (χ1n) is 9.19. The van der Waals surface area contributed by atoms with E-state index in [1.165, 1.54) is 0 Å². The molecule has 5 nitrogen and oxygen atoms in total. The number of nitrogens with one attached hydrogen (secondary N) is 1. The van der Waals surface area contributed by atoms with Gasteiger partial charge in [-0.25, -0.2) is 4.79 Å². The molecule has 138 valence electrons. The summed E-state index contributed by atoms with van der Waals surface area (Å²) in [5.41, 5.74) is 3.00. The molecule has 2 amide bonds. The van der Waals surface area contributed by atoms with Crippen molar-refractivity contribution in [3.8, 4) is 11.1 Å². The van der Waals surface area contributed by atoms with Crippen molar-refractivity contribution in [2.24, 2.45) is 0 Å². The summed E-state index contributed by atoms with van der Waals surface area (Å²) in [6.07, 6.45) is 1.03. The van der Waals surface area contributed by atoms with E-state index in [-0.39, 0.29) is 6.03 Å². The molecule has 1 heterocycles. The number of piperazine rings is 1. The van der Waals surface area contributed by atoms with Crippen LogP contribution in [0.5, 0.6) is 0 Å². The van der Waals surface area contributed by atoms with Gasteiger partial charge in [0, 0.05) is 52.0 Å². The van der Waals surface area contributed by atoms with Gasteiger partial charge < -0.3 is 15.0 Å². The molecule has 1 aliphatic rings. The number of nitrogens with zero attached hydrogens (tertiary/aromatic N) is 2. The molecule has 0 saturated carbocycles. The SMILES string of the molecule is COCCCN1CCN(C(=O)Nc2ccccc2-c2ccccc2)CC1. The third-order valence-corrected chi connectivity index (χ3v) is 4.74. The zero-order valence-corrected chi connectivity index (χ0v) is 15.4. The van der Waals surface area contributed by atoms with Crippen LogP contribution in [0.25, 0.3) is 11.1 Å². The highest BCUT2D eigenvalue weighted by atomic mass is 16.5. The first-order valence-corrected chi connectivity index (χ1v) is 9.19. The molecule has 1 fully saturated rings. The molecule has 0 spiro atoms. The molecular formula is C21H27N3O2. The van der Waals surface area contributed by atoms with Crippen molar-refractivity contribution in [2.75, 3.05) is 51.8 Å². The standard InChI is InChI=1S/C21H27N3O2/c1-26-17-7-12-23-13-15-24(16-14-23)21(25)22-20-11-6-5-10-19(20)18-8-3-2-4-9-18/h2-6,8-11H,7,12-17H2,1H3,(H,22,25). The minimum atomic E-state index is -0.0232. The van der Waals surface area contributed by atoms with E-state index in [1.807, 2.05) is 47.4 Å². The number of benzene rings is 2. The maximum Gasteiger partial charge on any atom is 0.321 e. The molecular weight excluding hydrogens is 326 g/mol. The molecule has 2 aromatic carbocycles. The highest BCUT2D eigenvalue weighted by Gasteiger charge is 2.21. The molecule has 3 rings (SSSR count). The lowest BCUT2D eigenvalue weighted by Crippen LogP contribution is -2.50. The smallest absolute Gasteiger partial charge is 0.321 e. The summed E-state index contributed by atoms with van der Waals surface area (Å²) in [6.45, 7) is 5.16. The summed E-state index contributed by atoms with van der Waals surface area (Å²) in [4.78, 5) is 17.0. The second-order valence-electron chi connectivity index (χ2n) is 6.52. The molecule has 0 aliphatic carbocycles. The number of para-hydroxylation sites is 1. The first kappa shape index (κ1) is 18.4. The lowest BCUT2D eigenvalue weighted by molar-refractivity contribution is 0.130. The number of urea groups is 1. The first-order chi connectivity index (χ1) is 12.8. The molecule has 5 heteroatoms. The van der Waals surface area contributed by atoms with Crippen LogP contribution in [0.1, 0.15) is 6.42 Å². The van der Waals surface area contributed by atoms with E-state index in [1.54, 1.807) is 7.11 Å². The van der Waals surface area contributed by atoms with Gasteiger partial charge in [-0.05, 0) is 18.1 Å². The fourth-order valence-electron chi connectivity index (χ4n) is 3.26. The number of methoxy groups -OCH3 is 1. The van der Waals surface area contributed by atoms with Crippen LogP contribution < -0.4 is 5.32 Å². The number of carbonyl (C=O) groups excluding carboxylic acids is 1. The Balaban J connectivity index is 1.58. The number of ether oxygens (including phenoxy) is 1. The van der Waals surface area contributed by atoms with E-state index < -0.39 is 0 Å². The van der Waals surface area contributed by atoms with Crippen molar-refractivity contribution in [3.63, 3.8) is 0 Å². The number of rotatable bonds is 6. The fourth-order valence-corrected chi connectivity index (χ4v) is 3.26. The van der Waals surface area contributed by atoms with Crippen LogP contribution in [-0.2, 0) is 4.74 Å². The normalized spacial score (nSPS) is 15.0. The van der Waals surface area contributed by atoms with E-state index in [0.717, 1.165) is 62.6 Å². The minimum Gasteiger partial charge on any atom is -0.385 e. The fraction of sp³-hybridized carbons (Fsp3) is 0.381. The number of amides is 2. The molecule has 1 aliphatic heterocycles. The van der Waals surface area contributed by atoms with Gasteiger partial charge in [0.25, 0.3) is 0 Å². The van der Waals surface area contributed by atoms with Crippen molar-refractivity contribution in [1.29, 1.82) is 0 Å². The quantitative estimate of drug-likeness (QED) is 0.808. The van der Waals surface area contributed by atoms with Crippen molar-refractivity contribution < 1.29 is 9.53 Å². The van der Waals surface area contributed by atoms with Crippen LogP contribution in [0.15, 0.2) is 54.6 Å². The molecule has 1 N–H and O–H groups in total. The summed E-state index contributed by atoms with van der Waals surface area (Å²) in [5.74, 6) is 0. The highest BCUT2D eigenvalue weighted by molar-refractivity contribution is 5.94. The third kappa shape index (κ3) is 4.84. The summed E-state index contributed by atoms with van der Waals surface area (Å²) < 4.78 is 5.11. The van der Waals surface area contributed by atoms with Gasteiger partial charge in [-0.2, -0.15) is 0 Å². The van der Waals surface area contributed by atoms with Crippen molar-refractivity contribution in [3.05, 3.63) is 54.6 Å². The van der Waals surface area contributed by atoms with E-state index >= 15 is 0 Å². The van der Waals surface area contributed by atoms with Gasteiger partial charge in [0.15, 0.2) is 0 Å². The monoisotopic (exact) mass is 353 g/mol. The van der Waals surface area contributed by atoms with E-state index in [4.69, 9.17) is 4.74 Å². The Morgan fingerprint density at radius 1 is 1.00 bits per heavy atom. The second kappa shape index (κ2) is 9.36. The maximum absolute atomic E-state index is 12.7. The van der Waals surface area contributed by atoms with Crippen molar-refractivity contribution >= 4 is 11.7 Å². The molecule has 0 radical (unpaired) electrons. The average Bonchev–Trinajstić information content (AvgIpc) is 2.70. The Kier molecular flexibility index (Phi) is 6.63. The summed E-state index contributed by atoms with van der Waals surface area (Å²) in [5, 5.41) is 3.09. The van der Waals surface area contributed by atoms with Crippen LogP contribution in [0.2, 0.25) is 0 Å². The number of hydrogen-bond donors (Lipinski definition) is 1. The largest absolute Gasteiger partial charge is 0.385 e. The average molecular weight is 353 g/mol. The van der Waals surface area contributed by atoms with Gasteiger partial charge in [0.2, 0.25) is 0 Å². The lowest BCUT2D eigenvalue weighted by Gasteiger charge is -2.34. The number of carbonyl (C=O) groups is 1. The Bertz CT molecular complexity index is 697. The van der Waals surface area contributed by atoms with Crippen LogP contribution in [0, 0.1) is 0 Å². The number of hydrogen-bond acceptors (Lipinski definition) is 3. The van der Waals surface area contributed by atoms with E-state index in [9.17, 15) is 4.79 Å². The predicted octanol–water partition coefficient (Wildman–Crippen LogP) is 3.54. The summed E-state index contributed by atoms with van der Waals surface area (Å²) >= 11 is 0. The van der Waals surface area contributed by atoms with Crippen LogP contribution in [-0.4, -0.2) is 62.3 Å². The maximum atomic E-state index is 12.7. The minimum absolute atomic E-state index is 0.0232. The third-order valence-electron chi connectivity index (χ3n) is 4.74. The Labute approximate surface area is 155 Å². The summed E-state index contributed by atoms with van der Waals surface area (Å²) in [6, 6.07) is 18.1. The van der Waals surface area contributed by atoms with Crippen LogP contribution >= 0.6 is 0 Å². The molecule has 0 unspecified atom stereocenters. The lowest BCUT2D eigenvalue weighted by atomic mass is 10.0. The van der Waals surface area contributed by atoms with Gasteiger partial charge in [0.05, 0.1) is 5.69 Å². The topological polar surface area (TPSA) is 44.8 Å². The van der Waals surface area contributed by atoms with Gasteiger partial charge in [-0.1, -0.05) is 48.5 Å². The molecule has 26 heavy (non-hydrogen) atoms. The molecule has 0 bridgehead atoms. The summed E-state index contributed by atoms with van der Waals surface area (Å²) in [7, 11) is 1.73. The van der Waals surface area contributed by atoms with Crippen molar-refractivity contribution in [2.45, 2.75) is 6.42 Å². The highest BCUT2D eigenvalue weighted by Crippen LogP contribution is 2.27. The zero-order valence-electron chi connectivity index (χ0n) is 15.4. The van der Waals surface area contributed by atoms with E-state index in [2.05, 4.69) is 22.3 Å². The Morgan fingerprint density at radius 3 is 2.42 bits per heavy atom. The van der Waals surface area contributed by atoms with Crippen LogP contribution in [0.3, 0.4) is 0 Å².